The van der Waals surface area contributed by atoms with Crippen molar-refractivity contribution in [1.29, 1.82) is 0 Å². The Kier molecular flexibility index (Phi) is 5.39. The molecule has 0 aliphatic rings. The number of hydrogen-bond acceptors (Lipinski definition) is 3. The topological polar surface area (TPSA) is 77.1 Å². The van der Waals surface area contributed by atoms with Crippen LogP contribution >= 0.6 is 0 Å². The fourth-order valence-corrected chi connectivity index (χ4v) is 4.46. The van der Waals surface area contributed by atoms with E-state index in [0.29, 0.717) is 27.5 Å². The third-order valence-electron chi connectivity index (χ3n) is 6.04. The minimum atomic E-state index is -4.63. The van der Waals surface area contributed by atoms with Crippen molar-refractivity contribution in [2.75, 3.05) is 0 Å². The molecule has 1 N–H and O–H groups in total. The molecule has 0 amide bonds. The number of fused-ring (bicyclic) bond motifs is 2. The van der Waals surface area contributed by atoms with Gasteiger partial charge < -0.3 is 9.67 Å². The van der Waals surface area contributed by atoms with E-state index in [0.717, 1.165) is 16.8 Å². The van der Waals surface area contributed by atoms with Crippen molar-refractivity contribution in [2.45, 2.75) is 19.6 Å². The van der Waals surface area contributed by atoms with Gasteiger partial charge in [-0.2, -0.15) is 23.0 Å². The Morgan fingerprint density at radius 1 is 0.972 bits per heavy atom. The highest BCUT2D eigenvalue weighted by molar-refractivity contribution is 6.05. The maximum Gasteiger partial charge on any atom is 0.416 e. The molecule has 0 bridgehead atoms. The molecular formula is C26H17F4N3O3. The number of benzene rings is 3. The predicted octanol–water partition coefficient (Wildman–Crippen LogP) is 5.56. The molecule has 2 aromatic heterocycles. The van der Waals surface area contributed by atoms with Crippen LogP contribution < -0.4 is 5.56 Å². The van der Waals surface area contributed by atoms with Gasteiger partial charge in [0.15, 0.2) is 0 Å². The van der Waals surface area contributed by atoms with Crippen molar-refractivity contribution in [2.24, 2.45) is 0 Å². The first-order chi connectivity index (χ1) is 17.1. The number of aromatic nitrogens is 3. The molecule has 36 heavy (non-hydrogen) atoms. The van der Waals surface area contributed by atoms with Crippen LogP contribution in [0.5, 0.6) is 0 Å². The van der Waals surface area contributed by atoms with Crippen LogP contribution in [0.15, 0.2) is 71.5 Å². The smallest absolute Gasteiger partial charge is 0.416 e. The normalized spacial score (nSPS) is 11.9. The second-order valence-electron chi connectivity index (χ2n) is 8.26. The molecule has 5 aromatic rings. The van der Waals surface area contributed by atoms with E-state index in [1.807, 2.05) is 0 Å². The van der Waals surface area contributed by atoms with E-state index in [2.05, 4.69) is 5.10 Å². The van der Waals surface area contributed by atoms with Crippen molar-refractivity contribution < 1.29 is 27.5 Å². The van der Waals surface area contributed by atoms with Crippen LogP contribution in [0, 0.1) is 12.7 Å². The van der Waals surface area contributed by atoms with Crippen LogP contribution in [0.2, 0.25) is 0 Å². The molecule has 2 heterocycles. The Labute approximate surface area is 200 Å². The zero-order chi connectivity index (χ0) is 25.8. The average molecular weight is 495 g/mol. The highest BCUT2D eigenvalue weighted by Gasteiger charge is 2.31. The van der Waals surface area contributed by atoms with Gasteiger partial charge in [0.05, 0.1) is 16.6 Å². The maximum absolute atomic E-state index is 14.3. The number of aliphatic carboxylic acids is 1. The molecule has 0 atom stereocenters. The molecule has 5 rings (SSSR count). The first kappa shape index (κ1) is 23.3. The van der Waals surface area contributed by atoms with E-state index in [1.165, 1.54) is 41.0 Å². The molecule has 0 radical (unpaired) electrons. The van der Waals surface area contributed by atoms with Crippen molar-refractivity contribution >= 4 is 27.6 Å². The number of carboxylic acid groups (broad SMARTS) is 1. The summed E-state index contributed by atoms with van der Waals surface area (Å²) in [5, 5.41) is 14.8. The Hall–Kier alpha value is -4.47. The Morgan fingerprint density at radius 2 is 1.69 bits per heavy atom. The third-order valence-corrected chi connectivity index (χ3v) is 6.04. The van der Waals surface area contributed by atoms with Crippen molar-refractivity contribution in [3.63, 3.8) is 0 Å². The fourth-order valence-electron chi connectivity index (χ4n) is 4.46. The molecule has 0 fully saturated rings. The SMILES string of the molecule is Cc1c(-c2nn(-c3cccc(C(F)(F)F)c3)c(=O)c3ccccc23)c2cc(F)ccc2n1CC(=O)O. The molecule has 0 saturated heterocycles. The lowest BCUT2D eigenvalue weighted by atomic mass is 10.0. The number of nitrogens with zero attached hydrogens (tertiary/aromatic N) is 3. The quantitative estimate of drug-likeness (QED) is 0.331. The Morgan fingerprint density at radius 3 is 2.39 bits per heavy atom. The lowest BCUT2D eigenvalue weighted by Gasteiger charge is -2.14. The number of carboxylic acids is 1. The van der Waals surface area contributed by atoms with E-state index in [9.17, 15) is 32.3 Å². The molecule has 3 aromatic carbocycles. The van der Waals surface area contributed by atoms with Gasteiger partial charge in [0, 0.05) is 27.5 Å². The van der Waals surface area contributed by atoms with Crippen LogP contribution in [0.4, 0.5) is 17.6 Å². The maximum atomic E-state index is 14.3. The summed E-state index contributed by atoms with van der Waals surface area (Å²) in [6.45, 7) is 1.24. The highest BCUT2D eigenvalue weighted by atomic mass is 19.4. The zero-order valence-corrected chi connectivity index (χ0v) is 18.7. The molecular weight excluding hydrogens is 478 g/mol. The zero-order valence-electron chi connectivity index (χ0n) is 18.7. The van der Waals surface area contributed by atoms with Crippen LogP contribution in [0.1, 0.15) is 11.3 Å². The summed E-state index contributed by atoms with van der Waals surface area (Å²) in [5.41, 5.74) is -0.201. The fraction of sp³-hybridized carbons (Fsp3) is 0.115. The number of hydrogen-bond donors (Lipinski definition) is 1. The minimum absolute atomic E-state index is 0.0973. The van der Waals surface area contributed by atoms with Crippen LogP contribution in [0.25, 0.3) is 38.6 Å². The summed E-state index contributed by atoms with van der Waals surface area (Å²) in [6.07, 6.45) is -4.63. The van der Waals surface area contributed by atoms with E-state index in [-0.39, 0.29) is 16.8 Å². The average Bonchev–Trinajstić information content (AvgIpc) is 3.09. The molecule has 182 valence electrons. The number of rotatable bonds is 4. The number of alkyl halides is 3. The second kappa shape index (κ2) is 8.33. The van der Waals surface area contributed by atoms with E-state index < -0.39 is 35.6 Å². The van der Waals surface area contributed by atoms with E-state index in [1.54, 1.807) is 25.1 Å². The number of carbonyl (C=O) groups is 1. The highest BCUT2D eigenvalue weighted by Crippen LogP contribution is 2.37. The van der Waals surface area contributed by atoms with Gasteiger partial charge in [0.25, 0.3) is 5.56 Å². The summed E-state index contributed by atoms with van der Waals surface area (Å²) >= 11 is 0. The molecule has 10 heteroatoms. The lowest BCUT2D eigenvalue weighted by molar-refractivity contribution is -0.138. The van der Waals surface area contributed by atoms with Gasteiger partial charge in [0.1, 0.15) is 18.1 Å². The standard InChI is InChI=1S/C26H17F4N3O3/c1-14-23(20-12-16(27)9-10-21(20)32(14)13-22(34)35)24-18-7-2-3-8-19(18)25(36)33(31-24)17-6-4-5-15(11-17)26(28,29)30/h2-12H,13H2,1H3,(H,34,35). The van der Waals surface area contributed by atoms with Gasteiger partial charge in [-0.3, -0.25) is 9.59 Å². The molecule has 0 aliphatic heterocycles. The number of halogens is 4. The second-order valence-corrected chi connectivity index (χ2v) is 8.26. The van der Waals surface area contributed by atoms with E-state index in [4.69, 9.17) is 0 Å². The summed E-state index contributed by atoms with van der Waals surface area (Å²) in [7, 11) is 0. The Balaban J connectivity index is 1.89. The van der Waals surface area contributed by atoms with Crippen LogP contribution in [-0.2, 0) is 17.5 Å². The monoisotopic (exact) mass is 495 g/mol. The summed E-state index contributed by atoms with van der Waals surface area (Å²) in [4.78, 5) is 24.8. The van der Waals surface area contributed by atoms with Gasteiger partial charge >= 0.3 is 12.1 Å². The molecule has 0 unspecified atom stereocenters. The van der Waals surface area contributed by atoms with Crippen LogP contribution in [-0.4, -0.2) is 25.4 Å². The van der Waals surface area contributed by atoms with Crippen molar-refractivity contribution in [3.05, 3.63) is 94.2 Å². The first-order valence-electron chi connectivity index (χ1n) is 10.8. The van der Waals surface area contributed by atoms with Crippen LogP contribution in [0.3, 0.4) is 0 Å². The Bertz CT molecular complexity index is 1740. The lowest BCUT2D eigenvalue weighted by Crippen LogP contribution is -2.22. The molecule has 0 spiro atoms. The molecule has 6 nitrogen and oxygen atoms in total. The summed E-state index contributed by atoms with van der Waals surface area (Å²) in [5.74, 6) is -1.68. The van der Waals surface area contributed by atoms with Gasteiger partial charge in [-0.1, -0.05) is 24.3 Å². The van der Waals surface area contributed by atoms with E-state index >= 15 is 0 Å². The molecule has 0 saturated carbocycles. The summed E-state index contributed by atoms with van der Waals surface area (Å²) in [6, 6.07) is 14.6. The van der Waals surface area contributed by atoms with Crippen molar-refractivity contribution in [1.82, 2.24) is 14.3 Å². The van der Waals surface area contributed by atoms with Gasteiger partial charge in [-0.05, 0) is 49.4 Å². The third kappa shape index (κ3) is 3.80. The first-order valence-corrected chi connectivity index (χ1v) is 10.8. The minimum Gasteiger partial charge on any atom is -0.480 e. The predicted molar refractivity (Wildman–Crippen MR) is 126 cm³/mol. The summed E-state index contributed by atoms with van der Waals surface area (Å²) < 4.78 is 56.8. The molecule has 0 aliphatic carbocycles. The van der Waals surface area contributed by atoms with Gasteiger partial charge in [-0.25, -0.2) is 4.39 Å². The van der Waals surface area contributed by atoms with Gasteiger partial charge in [0.2, 0.25) is 0 Å². The van der Waals surface area contributed by atoms with Gasteiger partial charge in [-0.15, -0.1) is 0 Å². The van der Waals surface area contributed by atoms with Crippen molar-refractivity contribution in [3.8, 4) is 16.9 Å². The largest absolute Gasteiger partial charge is 0.480 e.